The van der Waals surface area contributed by atoms with Crippen molar-refractivity contribution in [3.05, 3.63) is 29.6 Å². The van der Waals surface area contributed by atoms with Crippen LogP contribution in [0.3, 0.4) is 0 Å². The van der Waals surface area contributed by atoms with Crippen molar-refractivity contribution in [3.8, 4) is 12.3 Å². The summed E-state index contributed by atoms with van der Waals surface area (Å²) < 4.78 is 14.1. The first-order valence-corrected chi connectivity index (χ1v) is 10.6. The molecule has 1 aromatic rings. The second-order valence-corrected chi connectivity index (χ2v) is 8.91. The summed E-state index contributed by atoms with van der Waals surface area (Å²) >= 11 is 0. The van der Waals surface area contributed by atoms with Crippen LogP contribution in [-0.2, 0) is 10.2 Å². The van der Waals surface area contributed by atoms with E-state index in [2.05, 4.69) is 10.8 Å². The lowest BCUT2D eigenvalue weighted by Crippen LogP contribution is -2.52. The van der Waals surface area contributed by atoms with Gasteiger partial charge >= 0.3 is 6.03 Å². The number of terminal acetylenes is 1. The summed E-state index contributed by atoms with van der Waals surface area (Å²) in [5.74, 6) is 1.73. The molecule has 0 unspecified atom stereocenters. The summed E-state index contributed by atoms with van der Waals surface area (Å²) in [5.41, 5.74) is 1.61. The Kier molecular flexibility index (Phi) is 5.46. The number of fused-ring (bicyclic) bond motifs is 2. The number of anilines is 1. The SMILES string of the molecule is C#CC(=O)N1CCC(N2CCC3(CC2)CN(C(=O)N(C)C)c2ccc(F)cc23)CC1. The van der Waals surface area contributed by atoms with Crippen molar-refractivity contribution < 1.29 is 14.0 Å². The van der Waals surface area contributed by atoms with Gasteiger partial charge in [0.2, 0.25) is 0 Å². The lowest BCUT2D eigenvalue weighted by molar-refractivity contribution is -0.126. The maximum atomic E-state index is 14.1. The maximum Gasteiger partial charge on any atom is 0.323 e. The van der Waals surface area contributed by atoms with Crippen molar-refractivity contribution in [1.82, 2.24) is 14.7 Å². The maximum absolute atomic E-state index is 14.1. The van der Waals surface area contributed by atoms with E-state index in [-0.39, 0.29) is 23.2 Å². The van der Waals surface area contributed by atoms with Crippen LogP contribution in [0.15, 0.2) is 18.2 Å². The van der Waals surface area contributed by atoms with Crippen molar-refractivity contribution in [2.45, 2.75) is 37.1 Å². The van der Waals surface area contributed by atoms with Crippen LogP contribution in [0, 0.1) is 18.2 Å². The molecule has 2 fully saturated rings. The van der Waals surface area contributed by atoms with Gasteiger partial charge < -0.3 is 14.7 Å². The number of likely N-dealkylation sites (tertiary alicyclic amines) is 2. The van der Waals surface area contributed by atoms with E-state index in [1.807, 2.05) is 0 Å². The first kappa shape index (κ1) is 20.7. The first-order valence-electron chi connectivity index (χ1n) is 10.6. The molecule has 6 nitrogen and oxygen atoms in total. The van der Waals surface area contributed by atoms with Crippen LogP contribution < -0.4 is 4.90 Å². The van der Waals surface area contributed by atoms with Crippen LogP contribution in [0.1, 0.15) is 31.2 Å². The second kappa shape index (κ2) is 7.92. The molecular formula is C23H29FN4O2. The van der Waals surface area contributed by atoms with Crippen LogP contribution in [0.4, 0.5) is 14.9 Å². The monoisotopic (exact) mass is 412 g/mol. The van der Waals surface area contributed by atoms with Gasteiger partial charge in [-0.15, -0.1) is 6.42 Å². The Labute approximate surface area is 177 Å². The zero-order valence-electron chi connectivity index (χ0n) is 17.7. The Bertz CT molecular complexity index is 878. The van der Waals surface area contributed by atoms with E-state index in [9.17, 15) is 14.0 Å². The van der Waals surface area contributed by atoms with Gasteiger partial charge in [0.1, 0.15) is 5.82 Å². The fourth-order valence-electron chi connectivity index (χ4n) is 5.32. The Morgan fingerprint density at radius 1 is 1.17 bits per heavy atom. The molecule has 30 heavy (non-hydrogen) atoms. The Morgan fingerprint density at radius 2 is 1.83 bits per heavy atom. The molecule has 4 rings (SSSR count). The minimum Gasteiger partial charge on any atom is -0.332 e. The van der Waals surface area contributed by atoms with Gasteiger partial charge in [0.15, 0.2) is 0 Å². The van der Waals surface area contributed by atoms with Crippen LogP contribution >= 0.6 is 0 Å². The standard InChI is InChI=1S/C23H29FN4O2/c1-4-21(29)27-11-7-18(8-12-27)26-13-9-23(10-14-26)16-28(22(30)25(2)3)20-6-5-17(24)15-19(20)23/h1,5-6,15,18H,7-14,16H2,2-3H3. The van der Waals surface area contributed by atoms with Crippen LogP contribution in [0.25, 0.3) is 0 Å². The summed E-state index contributed by atoms with van der Waals surface area (Å²) in [4.78, 5) is 32.1. The van der Waals surface area contributed by atoms with Crippen LogP contribution in [-0.4, -0.2) is 79.5 Å². The van der Waals surface area contributed by atoms with Gasteiger partial charge in [0, 0.05) is 50.9 Å². The van der Waals surface area contributed by atoms with Crippen molar-refractivity contribution in [1.29, 1.82) is 0 Å². The summed E-state index contributed by atoms with van der Waals surface area (Å²) in [6, 6.07) is 5.18. The number of halogens is 1. The Morgan fingerprint density at radius 3 is 2.43 bits per heavy atom. The highest BCUT2D eigenvalue weighted by Gasteiger charge is 2.47. The number of rotatable bonds is 1. The second-order valence-electron chi connectivity index (χ2n) is 8.91. The number of urea groups is 1. The fraction of sp³-hybridized carbons (Fsp3) is 0.565. The molecule has 0 atom stereocenters. The van der Waals surface area contributed by atoms with E-state index >= 15 is 0 Å². The van der Waals surface area contributed by atoms with Gasteiger partial charge in [-0.05, 0) is 68.5 Å². The lowest BCUT2D eigenvalue weighted by atomic mass is 9.74. The number of hydrogen-bond donors (Lipinski definition) is 0. The van der Waals surface area contributed by atoms with E-state index < -0.39 is 0 Å². The van der Waals surface area contributed by atoms with Crippen LogP contribution in [0.2, 0.25) is 0 Å². The molecule has 0 aromatic heterocycles. The largest absolute Gasteiger partial charge is 0.332 e. The van der Waals surface area contributed by atoms with Crippen molar-refractivity contribution in [2.75, 3.05) is 51.7 Å². The molecule has 0 aliphatic carbocycles. The molecule has 3 heterocycles. The average molecular weight is 413 g/mol. The zero-order chi connectivity index (χ0) is 21.5. The van der Waals surface area contributed by atoms with Crippen LogP contribution in [0.5, 0.6) is 0 Å². The average Bonchev–Trinajstić information content (AvgIpc) is 3.06. The zero-order valence-corrected chi connectivity index (χ0v) is 17.7. The first-order chi connectivity index (χ1) is 14.3. The summed E-state index contributed by atoms with van der Waals surface area (Å²) in [5, 5.41) is 0. The van der Waals surface area contributed by atoms with Crippen molar-refractivity contribution in [2.24, 2.45) is 0 Å². The minimum absolute atomic E-state index is 0.0623. The molecule has 0 bridgehead atoms. The number of carbonyl (C=O) groups is 2. The van der Waals surface area contributed by atoms with Gasteiger partial charge in [-0.1, -0.05) is 0 Å². The fourth-order valence-corrected chi connectivity index (χ4v) is 5.32. The number of hydrogen-bond acceptors (Lipinski definition) is 3. The van der Waals surface area contributed by atoms with Gasteiger partial charge in [0.05, 0.1) is 0 Å². The smallest absolute Gasteiger partial charge is 0.323 e. The van der Waals surface area contributed by atoms with Crippen molar-refractivity contribution >= 4 is 17.6 Å². The van der Waals surface area contributed by atoms with Gasteiger partial charge in [-0.2, -0.15) is 0 Å². The molecule has 2 saturated heterocycles. The molecule has 0 radical (unpaired) electrons. The number of carbonyl (C=O) groups excluding carboxylic acids is 2. The predicted molar refractivity (Wildman–Crippen MR) is 114 cm³/mol. The number of nitrogens with zero attached hydrogens (tertiary/aromatic N) is 4. The number of amides is 3. The molecule has 1 aromatic carbocycles. The number of piperidine rings is 2. The third-order valence-corrected chi connectivity index (χ3v) is 7.04. The Balaban J connectivity index is 1.47. The molecular weight excluding hydrogens is 383 g/mol. The molecule has 0 N–H and O–H groups in total. The molecule has 3 aliphatic rings. The molecule has 7 heteroatoms. The van der Waals surface area contributed by atoms with E-state index in [4.69, 9.17) is 6.42 Å². The quantitative estimate of drug-likeness (QED) is 0.665. The van der Waals surface area contributed by atoms with Gasteiger partial charge in [0.25, 0.3) is 5.91 Å². The normalized spacial score (nSPS) is 21.4. The Hall–Kier alpha value is -2.59. The summed E-state index contributed by atoms with van der Waals surface area (Å²) in [7, 11) is 3.49. The van der Waals surface area contributed by atoms with Crippen molar-refractivity contribution in [3.63, 3.8) is 0 Å². The third kappa shape index (κ3) is 3.54. The molecule has 0 saturated carbocycles. The van der Waals surface area contributed by atoms with Gasteiger partial charge in [-0.25, -0.2) is 9.18 Å². The highest BCUT2D eigenvalue weighted by molar-refractivity contribution is 5.95. The molecule has 3 amide bonds. The van der Waals surface area contributed by atoms with Gasteiger partial charge in [-0.3, -0.25) is 9.69 Å². The number of benzene rings is 1. The van der Waals surface area contributed by atoms with E-state index in [1.165, 1.54) is 6.07 Å². The third-order valence-electron chi connectivity index (χ3n) is 7.04. The summed E-state index contributed by atoms with van der Waals surface area (Å²) in [6.07, 6.45) is 8.88. The topological polar surface area (TPSA) is 47.1 Å². The summed E-state index contributed by atoms with van der Waals surface area (Å²) in [6.45, 7) is 3.83. The lowest BCUT2D eigenvalue weighted by Gasteiger charge is -2.45. The predicted octanol–water partition coefficient (Wildman–Crippen LogP) is 2.29. The molecule has 3 aliphatic heterocycles. The minimum atomic E-state index is -0.250. The van der Waals surface area contributed by atoms with E-state index in [0.717, 1.165) is 50.0 Å². The molecule has 1 spiro atoms. The highest BCUT2D eigenvalue weighted by Crippen LogP contribution is 2.48. The van der Waals surface area contributed by atoms with E-state index in [1.54, 1.807) is 40.9 Å². The molecule has 160 valence electrons. The van der Waals surface area contributed by atoms with E-state index in [0.29, 0.717) is 25.7 Å². The highest BCUT2D eigenvalue weighted by atomic mass is 19.1.